The number of nitrogens with one attached hydrogen (secondary N) is 1. The number of halogens is 1. The Bertz CT molecular complexity index is 946. The number of amides is 1. The van der Waals surface area contributed by atoms with Gasteiger partial charge in [-0.1, -0.05) is 18.2 Å². The van der Waals surface area contributed by atoms with E-state index in [1.54, 1.807) is 42.6 Å². The van der Waals surface area contributed by atoms with E-state index in [1.807, 2.05) is 19.1 Å². The van der Waals surface area contributed by atoms with Crippen molar-refractivity contribution in [2.45, 2.75) is 19.9 Å². The summed E-state index contributed by atoms with van der Waals surface area (Å²) in [7, 11) is 0. The lowest BCUT2D eigenvalue weighted by molar-refractivity contribution is 0.0950. The molecule has 0 saturated heterocycles. The van der Waals surface area contributed by atoms with Crippen LogP contribution in [0.15, 0.2) is 54.7 Å². The van der Waals surface area contributed by atoms with Gasteiger partial charge in [-0.15, -0.1) is 0 Å². The molecule has 5 nitrogen and oxygen atoms in total. The topological polar surface area (TPSA) is 60.5 Å². The molecule has 0 fully saturated rings. The summed E-state index contributed by atoms with van der Waals surface area (Å²) in [4.78, 5) is 16.7. The third-order valence-corrected chi connectivity index (χ3v) is 4.24. The summed E-state index contributed by atoms with van der Waals surface area (Å²) in [5.41, 5.74) is 1.70. The van der Waals surface area contributed by atoms with E-state index in [4.69, 9.17) is 9.47 Å². The van der Waals surface area contributed by atoms with E-state index in [9.17, 15) is 9.18 Å². The van der Waals surface area contributed by atoms with Crippen molar-refractivity contribution in [2.24, 2.45) is 0 Å². The van der Waals surface area contributed by atoms with Gasteiger partial charge in [0.2, 0.25) is 0 Å². The molecule has 0 unspecified atom stereocenters. The highest BCUT2D eigenvalue weighted by molar-refractivity contribution is 5.97. The third-order valence-electron chi connectivity index (χ3n) is 4.24. The minimum atomic E-state index is -0.457. The maximum atomic E-state index is 14.6. The second-order valence-electron chi connectivity index (χ2n) is 6.22. The predicted molar refractivity (Wildman–Crippen MR) is 106 cm³/mol. The lowest BCUT2D eigenvalue weighted by atomic mass is 10.1. The number of ether oxygens (including phenoxy) is 2. The maximum Gasteiger partial charge on any atom is 0.251 e. The zero-order chi connectivity index (χ0) is 19.8. The molecule has 1 amide bonds. The van der Waals surface area contributed by atoms with Crippen LogP contribution in [0.25, 0.3) is 10.9 Å². The van der Waals surface area contributed by atoms with E-state index >= 15 is 0 Å². The summed E-state index contributed by atoms with van der Waals surface area (Å²) in [6.45, 7) is 3.60. The fourth-order valence-electron chi connectivity index (χ4n) is 2.79. The molecule has 28 heavy (non-hydrogen) atoms. The summed E-state index contributed by atoms with van der Waals surface area (Å²) >= 11 is 0. The molecule has 1 heterocycles. The lowest BCUT2D eigenvalue weighted by Gasteiger charge is -2.11. The van der Waals surface area contributed by atoms with Crippen molar-refractivity contribution >= 4 is 16.8 Å². The van der Waals surface area contributed by atoms with Crippen molar-refractivity contribution in [2.75, 3.05) is 19.8 Å². The molecule has 3 aromatic rings. The minimum Gasteiger partial charge on any atom is -0.490 e. The van der Waals surface area contributed by atoms with Gasteiger partial charge >= 0.3 is 0 Å². The van der Waals surface area contributed by atoms with Crippen LogP contribution >= 0.6 is 0 Å². The number of carbonyl (C=O) groups excluding carboxylic acids is 1. The predicted octanol–water partition coefficient (Wildman–Crippen LogP) is 4.11. The average molecular weight is 382 g/mol. The van der Waals surface area contributed by atoms with Gasteiger partial charge in [-0.3, -0.25) is 9.78 Å². The van der Waals surface area contributed by atoms with Crippen LogP contribution in [0.1, 0.15) is 29.3 Å². The molecule has 0 aliphatic rings. The van der Waals surface area contributed by atoms with Gasteiger partial charge in [-0.2, -0.15) is 0 Å². The highest BCUT2D eigenvalue weighted by Gasteiger charge is 2.12. The molecule has 0 atom stereocenters. The van der Waals surface area contributed by atoms with Gasteiger partial charge in [0.05, 0.1) is 12.1 Å². The Hall–Kier alpha value is -2.99. The number of carbonyl (C=O) groups is 1. The molecular weight excluding hydrogens is 359 g/mol. The van der Waals surface area contributed by atoms with E-state index in [-0.39, 0.29) is 18.2 Å². The fourth-order valence-corrected chi connectivity index (χ4v) is 2.79. The second kappa shape index (κ2) is 9.80. The van der Waals surface area contributed by atoms with Gasteiger partial charge in [-0.25, -0.2) is 4.39 Å². The second-order valence-corrected chi connectivity index (χ2v) is 6.22. The van der Waals surface area contributed by atoms with Gasteiger partial charge in [0.15, 0.2) is 11.6 Å². The summed E-state index contributed by atoms with van der Waals surface area (Å²) in [6, 6.07) is 13.9. The molecule has 2 aromatic carbocycles. The lowest BCUT2D eigenvalue weighted by Crippen LogP contribution is -2.23. The molecule has 146 valence electrons. The number of benzene rings is 2. The van der Waals surface area contributed by atoms with E-state index in [1.165, 1.54) is 0 Å². The van der Waals surface area contributed by atoms with E-state index in [0.717, 1.165) is 10.9 Å². The normalized spacial score (nSPS) is 10.8. The molecule has 0 saturated carbocycles. The number of aromatic nitrogens is 1. The van der Waals surface area contributed by atoms with E-state index in [0.29, 0.717) is 37.4 Å². The van der Waals surface area contributed by atoms with Crippen LogP contribution in [-0.4, -0.2) is 30.7 Å². The number of hydrogen-bond acceptors (Lipinski definition) is 4. The van der Waals surface area contributed by atoms with Crippen molar-refractivity contribution < 1.29 is 18.7 Å². The van der Waals surface area contributed by atoms with Gasteiger partial charge in [-0.05, 0) is 37.3 Å². The van der Waals surface area contributed by atoms with Crippen molar-refractivity contribution in [3.05, 3.63) is 71.7 Å². The quantitative estimate of drug-likeness (QED) is 0.566. The summed E-state index contributed by atoms with van der Waals surface area (Å²) in [6.07, 6.45) is 2.39. The van der Waals surface area contributed by atoms with Crippen LogP contribution in [0, 0.1) is 5.82 Å². The van der Waals surface area contributed by atoms with Crippen LogP contribution in [0.3, 0.4) is 0 Å². The molecule has 0 bridgehead atoms. The van der Waals surface area contributed by atoms with Crippen LogP contribution in [-0.2, 0) is 11.3 Å². The third kappa shape index (κ3) is 5.04. The standard InChI is InChI=1S/C22H23FN2O3/c1-2-27-12-5-13-28-20-8-3-6-18(21(20)23)15-25-22(26)17-9-10-19-16(14-17)7-4-11-24-19/h3-4,6-11,14H,2,5,12-13,15H2,1H3,(H,25,26). The van der Waals surface area contributed by atoms with Crippen molar-refractivity contribution in [3.8, 4) is 5.75 Å². The highest BCUT2D eigenvalue weighted by Crippen LogP contribution is 2.21. The summed E-state index contributed by atoms with van der Waals surface area (Å²) < 4.78 is 25.3. The van der Waals surface area contributed by atoms with Crippen LogP contribution in [0.2, 0.25) is 0 Å². The number of fused-ring (bicyclic) bond motifs is 1. The van der Waals surface area contributed by atoms with Crippen molar-refractivity contribution in [1.29, 1.82) is 0 Å². The summed E-state index contributed by atoms with van der Waals surface area (Å²) in [5.74, 6) is -0.546. The maximum absolute atomic E-state index is 14.6. The largest absolute Gasteiger partial charge is 0.490 e. The van der Waals surface area contributed by atoms with Crippen molar-refractivity contribution in [1.82, 2.24) is 10.3 Å². The molecule has 0 spiro atoms. The zero-order valence-electron chi connectivity index (χ0n) is 15.8. The van der Waals surface area contributed by atoms with Gasteiger partial charge < -0.3 is 14.8 Å². The molecule has 0 radical (unpaired) electrons. The zero-order valence-corrected chi connectivity index (χ0v) is 15.8. The number of rotatable bonds is 9. The SMILES string of the molecule is CCOCCCOc1cccc(CNC(=O)c2ccc3ncccc3c2)c1F. The first-order valence-corrected chi connectivity index (χ1v) is 9.30. The van der Waals surface area contributed by atoms with Gasteiger partial charge in [0, 0.05) is 48.9 Å². The molecule has 1 N–H and O–H groups in total. The Morgan fingerprint density at radius 1 is 1.14 bits per heavy atom. The van der Waals surface area contributed by atoms with Crippen molar-refractivity contribution in [3.63, 3.8) is 0 Å². The fraction of sp³-hybridized carbons (Fsp3) is 0.273. The van der Waals surface area contributed by atoms with E-state index in [2.05, 4.69) is 10.3 Å². The molecule has 6 heteroatoms. The Morgan fingerprint density at radius 2 is 2.04 bits per heavy atom. The smallest absolute Gasteiger partial charge is 0.251 e. The summed E-state index contributed by atoms with van der Waals surface area (Å²) in [5, 5.41) is 3.64. The first kappa shape index (κ1) is 19.8. The first-order valence-electron chi connectivity index (χ1n) is 9.30. The first-order chi connectivity index (χ1) is 13.7. The number of nitrogens with zero attached hydrogens (tertiary/aromatic N) is 1. The van der Waals surface area contributed by atoms with Crippen LogP contribution in [0.5, 0.6) is 5.75 Å². The van der Waals surface area contributed by atoms with Crippen LogP contribution < -0.4 is 10.1 Å². The Labute approximate surface area is 163 Å². The number of hydrogen-bond donors (Lipinski definition) is 1. The Balaban J connectivity index is 1.60. The van der Waals surface area contributed by atoms with Gasteiger partial charge in [0.25, 0.3) is 5.91 Å². The monoisotopic (exact) mass is 382 g/mol. The van der Waals surface area contributed by atoms with Crippen LogP contribution in [0.4, 0.5) is 4.39 Å². The molecule has 3 rings (SSSR count). The molecule has 0 aliphatic carbocycles. The Kier molecular flexibility index (Phi) is 6.92. The molecular formula is C22H23FN2O3. The average Bonchev–Trinajstić information content (AvgIpc) is 2.73. The number of pyridine rings is 1. The molecule has 0 aliphatic heterocycles. The van der Waals surface area contributed by atoms with E-state index < -0.39 is 5.82 Å². The van der Waals surface area contributed by atoms with Gasteiger partial charge in [0.1, 0.15) is 0 Å². The Morgan fingerprint density at radius 3 is 2.89 bits per heavy atom. The molecule has 1 aromatic heterocycles. The minimum absolute atomic E-state index is 0.0753. The highest BCUT2D eigenvalue weighted by atomic mass is 19.1.